The molecule has 0 spiro atoms. The van der Waals surface area contributed by atoms with Crippen molar-refractivity contribution in [2.75, 3.05) is 18.5 Å². The van der Waals surface area contributed by atoms with E-state index >= 15 is 0 Å². The molecule has 2 aliphatic heterocycles. The lowest BCUT2D eigenvalue weighted by atomic mass is 9.91. The number of hydrogen-bond donors (Lipinski definition) is 1. The van der Waals surface area contributed by atoms with E-state index in [9.17, 15) is 9.59 Å². The summed E-state index contributed by atoms with van der Waals surface area (Å²) in [7, 11) is 0. The van der Waals surface area contributed by atoms with E-state index < -0.39 is 5.92 Å². The highest BCUT2D eigenvalue weighted by Gasteiger charge is 2.32. The number of benzene rings is 1. The van der Waals surface area contributed by atoms with Crippen molar-refractivity contribution in [2.24, 2.45) is 0 Å². The number of nitrogens with one attached hydrogen (secondary N) is 1. The summed E-state index contributed by atoms with van der Waals surface area (Å²) in [6.45, 7) is 1.01. The minimum Gasteiger partial charge on any atom is -0.462 e. The first kappa shape index (κ1) is 14.1. The molecule has 2 atom stereocenters. The van der Waals surface area contributed by atoms with Gasteiger partial charge in [-0.1, -0.05) is 18.2 Å². The number of hydrogen-bond acceptors (Lipinski definition) is 4. The first-order valence-corrected chi connectivity index (χ1v) is 7.41. The highest BCUT2D eigenvalue weighted by molar-refractivity contribution is 5.99. The highest BCUT2D eigenvalue weighted by atomic mass is 16.6. The number of ether oxygens (including phenoxy) is 2. The van der Waals surface area contributed by atoms with Crippen LogP contribution in [0.1, 0.15) is 37.2 Å². The van der Waals surface area contributed by atoms with Crippen LogP contribution in [0.3, 0.4) is 0 Å². The van der Waals surface area contributed by atoms with Crippen LogP contribution < -0.4 is 5.32 Å². The molecular formula is C16H19NO4. The zero-order valence-corrected chi connectivity index (χ0v) is 11.8. The molecule has 0 radical (unpaired) electrons. The summed E-state index contributed by atoms with van der Waals surface area (Å²) < 4.78 is 10.9. The van der Waals surface area contributed by atoms with Crippen LogP contribution in [0.15, 0.2) is 24.3 Å². The highest BCUT2D eigenvalue weighted by Crippen LogP contribution is 2.32. The minimum absolute atomic E-state index is 0.00430. The van der Waals surface area contributed by atoms with E-state index in [1.807, 2.05) is 18.2 Å². The zero-order chi connectivity index (χ0) is 14.7. The van der Waals surface area contributed by atoms with Crippen molar-refractivity contribution >= 4 is 17.6 Å². The number of carbonyl (C=O) groups excluding carboxylic acids is 2. The van der Waals surface area contributed by atoms with Crippen LogP contribution in [0, 0.1) is 0 Å². The van der Waals surface area contributed by atoms with Gasteiger partial charge in [0, 0.05) is 18.7 Å². The SMILES string of the molecule is O=C1CC(C(=O)OCC2CCCCO2)c2ccccc2N1. The van der Waals surface area contributed by atoms with Gasteiger partial charge in [-0.25, -0.2) is 0 Å². The maximum Gasteiger partial charge on any atom is 0.314 e. The topological polar surface area (TPSA) is 64.6 Å². The third-order valence-electron chi connectivity index (χ3n) is 3.97. The van der Waals surface area contributed by atoms with Crippen LogP contribution in [-0.4, -0.2) is 31.2 Å². The summed E-state index contributed by atoms with van der Waals surface area (Å²) in [5.74, 6) is -1.01. The second-order valence-corrected chi connectivity index (χ2v) is 5.51. The maximum atomic E-state index is 12.3. The quantitative estimate of drug-likeness (QED) is 0.867. The van der Waals surface area contributed by atoms with Crippen LogP contribution in [0.4, 0.5) is 5.69 Å². The largest absolute Gasteiger partial charge is 0.462 e. The number of fused-ring (bicyclic) bond motifs is 1. The number of carbonyl (C=O) groups is 2. The van der Waals surface area contributed by atoms with Gasteiger partial charge < -0.3 is 14.8 Å². The molecule has 21 heavy (non-hydrogen) atoms. The number of amides is 1. The van der Waals surface area contributed by atoms with Crippen molar-refractivity contribution in [1.82, 2.24) is 0 Å². The van der Waals surface area contributed by atoms with E-state index in [1.54, 1.807) is 6.07 Å². The molecule has 0 aromatic heterocycles. The van der Waals surface area contributed by atoms with Crippen molar-refractivity contribution in [3.63, 3.8) is 0 Å². The van der Waals surface area contributed by atoms with Crippen molar-refractivity contribution in [3.8, 4) is 0 Å². The molecule has 112 valence electrons. The Kier molecular flexibility index (Phi) is 4.20. The fourth-order valence-electron chi connectivity index (χ4n) is 2.84. The van der Waals surface area contributed by atoms with Crippen LogP contribution in [0.5, 0.6) is 0 Å². The maximum absolute atomic E-state index is 12.3. The molecule has 0 aliphatic carbocycles. The Labute approximate surface area is 123 Å². The first-order valence-electron chi connectivity index (χ1n) is 7.41. The molecular weight excluding hydrogens is 270 g/mol. The summed E-state index contributed by atoms with van der Waals surface area (Å²) in [5.41, 5.74) is 1.52. The fourth-order valence-corrected chi connectivity index (χ4v) is 2.84. The standard InChI is InChI=1S/C16H19NO4/c18-15-9-13(12-6-1-2-7-14(12)17-15)16(19)21-10-11-5-3-4-8-20-11/h1-2,6-7,11,13H,3-5,8-10H2,(H,17,18). The molecule has 1 aromatic rings. The molecule has 2 heterocycles. The lowest BCUT2D eigenvalue weighted by Crippen LogP contribution is -2.31. The van der Waals surface area contributed by atoms with Crippen LogP contribution in [0.25, 0.3) is 0 Å². The van der Waals surface area contributed by atoms with Gasteiger partial charge in [0.2, 0.25) is 5.91 Å². The Morgan fingerprint density at radius 3 is 3.00 bits per heavy atom. The Morgan fingerprint density at radius 1 is 1.33 bits per heavy atom. The van der Waals surface area contributed by atoms with Gasteiger partial charge in [0.15, 0.2) is 0 Å². The summed E-state index contributed by atoms with van der Waals surface area (Å²) in [6, 6.07) is 7.36. The first-order chi connectivity index (χ1) is 10.2. The second kappa shape index (κ2) is 6.26. The van der Waals surface area contributed by atoms with E-state index in [0.29, 0.717) is 5.69 Å². The van der Waals surface area contributed by atoms with Crippen molar-refractivity contribution in [2.45, 2.75) is 37.7 Å². The van der Waals surface area contributed by atoms with Crippen molar-refractivity contribution in [1.29, 1.82) is 0 Å². The number of esters is 1. The molecule has 2 unspecified atom stereocenters. The molecule has 3 rings (SSSR count). The van der Waals surface area contributed by atoms with Crippen molar-refractivity contribution in [3.05, 3.63) is 29.8 Å². The van der Waals surface area contributed by atoms with E-state index in [2.05, 4.69) is 5.32 Å². The third kappa shape index (κ3) is 3.24. The summed E-state index contributed by atoms with van der Waals surface area (Å²) in [4.78, 5) is 24.0. The number of para-hydroxylation sites is 1. The van der Waals surface area contributed by atoms with Crippen LogP contribution in [0.2, 0.25) is 0 Å². The summed E-state index contributed by atoms with van der Waals surface area (Å²) in [5, 5.41) is 2.78. The molecule has 2 aliphatic rings. The molecule has 1 amide bonds. The van der Waals surface area contributed by atoms with Crippen molar-refractivity contribution < 1.29 is 19.1 Å². The number of anilines is 1. The van der Waals surface area contributed by atoms with Gasteiger partial charge in [0.25, 0.3) is 0 Å². The molecule has 1 fully saturated rings. The van der Waals surface area contributed by atoms with E-state index in [-0.39, 0.29) is 31.0 Å². The van der Waals surface area contributed by atoms with E-state index in [4.69, 9.17) is 9.47 Å². The third-order valence-corrected chi connectivity index (χ3v) is 3.97. The Hall–Kier alpha value is -1.88. The fraction of sp³-hybridized carbons (Fsp3) is 0.500. The molecule has 5 heteroatoms. The lowest BCUT2D eigenvalue weighted by Gasteiger charge is -2.26. The van der Waals surface area contributed by atoms with Gasteiger partial charge in [0.05, 0.1) is 12.0 Å². The van der Waals surface area contributed by atoms with Gasteiger partial charge in [-0.2, -0.15) is 0 Å². The van der Waals surface area contributed by atoms with Gasteiger partial charge in [-0.05, 0) is 30.9 Å². The second-order valence-electron chi connectivity index (χ2n) is 5.51. The predicted octanol–water partition coefficient (Wildman–Crippen LogP) is 2.22. The average Bonchev–Trinajstić information content (AvgIpc) is 2.52. The van der Waals surface area contributed by atoms with Crippen LogP contribution in [-0.2, 0) is 19.1 Å². The van der Waals surface area contributed by atoms with Gasteiger partial charge >= 0.3 is 5.97 Å². The monoisotopic (exact) mass is 289 g/mol. The number of rotatable bonds is 3. The Bertz CT molecular complexity index is 537. The van der Waals surface area contributed by atoms with Gasteiger partial charge in [-0.15, -0.1) is 0 Å². The van der Waals surface area contributed by atoms with Crippen LogP contribution >= 0.6 is 0 Å². The molecule has 1 saturated heterocycles. The lowest BCUT2D eigenvalue weighted by molar-refractivity contribution is -0.152. The smallest absolute Gasteiger partial charge is 0.314 e. The molecule has 1 aromatic carbocycles. The summed E-state index contributed by atoms with van der Waals surface area (Å²) >= 11 is 0. The minimum atomic E-state index is -0.515. The molecule has 0 bridgehead atoms. The van der Waals surface area contributed by atoms with E-state index in [0.717, 1.165) is 31.4 Å². The molecule has 1 N–H and O–H groups in total. The predicted molar refractivity (Wildman–Crippen MR) is 77.0 cm³/mol. The van der Waals surface area contributed by atoms with E-state index in [1.165, 1.54) is 0 Å². The summed E-state index contributed by atoms with van der Waals surface area (Å²) in [6.07, 6.45) is 3.24. The Balaban J connectivity index is 1.65. The molecule has 5 nitrogen and oxygen atoms in total. The zero-order valence-electron chi connectivity index (χ0n) is 11.8. The van der Waals surface area contributed by atoms with Gasteiger partial charge in [-0.3, -0.25) is 9.59 Å². The average molecular weight is 289 g/mol. The van der Waals surface area contributed by atoms with Gasteiger partial charge in [0.1, 0.15) is 6.61 Å². The normalized spacial score (nSPS) is 24.9. The Morgan fingerprint density at radius 2 is 2.19 bits per heavy atom. The molecule has 0 saturated carbocycles.